The Balaban J connectivity index is 2.36. The van der Waals surface area contributed by atoms with Gasteiger partial charge in [-0.25, -0.2) is 0 Å². The van der Waals surface area contributed by atoms with Gasteiger partial charge in [-0.3, -0.25) is 0 Å². The van der Waals surface area contributed by atoms with Crippen LogP contribution in [0.1, 0.15) is 74.7 Å². The van der Waals surface area contributed by atoms with E-state index in [1.165, 1.54) is 0 Å². The summed E-state index contributed by atoms with van der Waals surface area (Å²) in [4.78, 5) is 0. The van der Waals surface area contributed by atoms with E-state index in [4.69, 9.17) is 13.9 Å². The van der Waals surface area contributed by atoms with Crippen LogP contribution < -0.4 is 0 Å². The summed E-state index contributed by atoms with van der Waals surface area (Å²) in [6.07, 6.45) is 3.55. The number of ether oxygens (including phenoxy) is 2. The number of hydrogen-bond donors (Lipinski definition) is 1. The van der Waals surface area contributed by atoms with Crippen LogP contribution in [0, 0.1) is 0 Å². The fourth-order valence-corrected chi connectivity index (χ4v) is 10.4. The van der Waals surface area contributed by atoms with E-state index in [2.05, 4.69) is 48.5 Å². The molecule has 0 aromatic heterocycles. The summed E-state index contributed by atoms with van der Waals surface area (Å²) in [5, 5.41) is 10.2. The van der Waals surface area contributed by atoms with E-state index in [0.717, 1.165) is 12.2 Å². The fraction of sp³-hybridized carbons (Fsp3) is 0.900. The Morgan fingerprint density at radius 3 is 2.04 bits per heavy atom. The van der Waals surface area contributed by atoms with Crippen molar-refractivity contribution in [1.29, 1.82) is 0 Å². The first-order chi connectivity index (χ1) is 11.5. The molecule has 0 aromatic carbocycles. The molecule has 1 spiro atoms. The predicted octanol–water partition coefficient (Wildman–Crippen LogP) is 5.13. The van der Waals surface area contributed by atoms with Crippen LogP contribution in [0.15, 0.2) is 11.8 Å². The molecule has 2 aliphatic heterocycles. The first-order valence-corrected chi connectivity index (χ1v) is 12.1. The molecule has 4 atom stereocenters. The molecular weight excluding hydrogens is 332 g/mol. The first kappa shape index (κ1) is 20.9. The van der Waals surface area contributed by atoms with Crippen molar-refractivity contribution in [3.05, 3.63) is 11.8 Å². The van der Waals surface area contributed by atoms with Gasteiger partial charge in [-0.15, -0.1) is 0 Å². The van der Waals surface area contributed by atoms with Crippen molar-refractivity contribution >= 4 is 8.32 Å². The topological polar surface area (TPSA) is 47.9 Å². The van der Waals surface area contributed by atoms with Gasteiger partial charge in [0, 0.05) is 18.9 Å². The van der Waals surface area contributed by atoms with Gasteiger partial charge in [-0.05, 0) is 36.9 Å². The van der Waals surface area contributed by atoms with Gasteiger partial charge in [0.05, 0.1) is 24.1 Å². The van der Waals surface area contributed by atoms with Crippen LogP contribution in [0.5, 0.6) is 0 Å². The average molecular weight is 371 g/mol. The lowest BCUT2D eigenvalue weighted by molar-refractivity contribution is -0.285. The molecule has 146 valence electrons. The highest BCUT2D eigenvalue weighted by Crippen LogP contribution is 2.46. The highest BCUT2D eigenvalue weighted by molar-refractivity contribution is 6.77. The third-order valence-electron chi connectivity index (χ3n) is 5.81. The second-order valence-corrected chi connectivity index (χ2v) is 14.4. The van der Waals surface area contributed by atoms with E-state index in [-0.39, 0.29) is 12.2 Å². The van der Waals surface area contributed by atoms with E-state index < -0.39 is 20.2 Å². The summed E-state index contributed by atoms with van der Waals surface area (Å²) in [5.74, 6) is 0.164. The summed E-state index contributed by atoms with van der Waals surface area (Å²) in [5.41, 5.74) is 1.58. The molecular formula is C20H38O4Si. The molecule has 0 bridgehead atoms. The standard InChI is InChI=1S/C20H38O4Si/c1-13(2)25(14(3)4,15(5)6)24-19-10-17(8)23-20(12-19)11-18(21)9-16(7)22-20/h12-18,21H,9-11H2,1-8H3/t16-,17-,18-,20+/m1/s1. The quantitative estimate of drug-likeness (QED) is 0.682. The Hall–Kier alpha value is -0.363. The molecule has 5 heteroatoms. The second-order valence-electron chi connectivity index (χ2n) is 9.00. The average Bonchev–Trinajstić information content (AvgIpc) is 2.40. The van der Waals surface area contributed by atoms with E-state index in [1.54, 1.807) is 0 Å². The molecule has 0 radical (unpaired) electrons. The lowest BCUT2D eigenvalue weighted by Gasteiger charge is -2.47. The molecule has 1 N–H and O–H groups in total. The molecule has 1 fully saturated rings. The maximum Gasteiger partial charge on any atom is 0.258 e. The van der Waals surface area contributed by atoms with Gasteiger partial charge < -0.3 is 19.0 Å². The van der Waals surface area contributed by atoms with Gasteiger partial charge in [-0.2, -0.15) is 0 Å². The van der Waals surface area contributed by atoms with Crippen molar-refractivity contribution in [2.45, 2.75) is 115 Å². The Labute approximate surface area is 155 Å². The normalized spacial score (nSPS) is 34.1. The fourth-order valence-electron chi connectivity index (χ4n) is 5.06. The minimum Gasteiger partial charge on any atom is -0.546 e. The highest BCUT2D eigenvalue weighted by atomic mass is 28.4. The highest BCUT2D eigenvalue weighted by Gasteiger charge is 2.49. The Kier molecular flexibility index (Phi) is 6.46. The molecule has 2 heterocycles. The first-order valence-electron chi connectivity index (χ1n) is 9.95. The van der Waals surface area contributed by atoms with Crippen molar-refractivity contribution in [2.75, 3.05) is 0 Å². The number of aliphatic hydroxyl groups is 1. The molecule has 2 aliphatic rings. The van der Waals surface area contributed by atoms with Crippen LogP contribution in [0.4, 0.5) is 0 Å². The van der Waals surface area contributed by atoms with Crippen LogP contribution in [0.25, 0.3) is 0 Å². The van der Waals surface area contributed by atoms with Gasteiger partial charge >= 0.3 is 0 Å². The van der Waals surface area contributed by atoms with E-state index in [1.807, 2.05) is 13.0 Å². The van der Waals surface area contributed by atoms with E-state index in [9.17, 15) is 5.11 Å². The lowest BCUT2D eigenvalue weighted by Crippen LogP contribution is -2.52. The monoisotopic (exact) mass is 370 g/mol. The number of hydrogen-bond acceptors (Lipinski definition) is 4. The molecule has 25 heavy (non-hydrogen) atoms. The van der Waals surface area contributed by atoms with Crippen LogP contribution in [0.2, 0.25) is 16.6 Å². The summed E-state index contributed by atoms with van der Waals surface area (Å²) >= 11 is 0. The Morgan fingerprint density at radius 2 is 1.56 bits per heavy atom. The predicted molar refractivity (Wildman–Crippen MR) is 104 cm³/mol. The minimum absolute atomic E-state index is 0.0196. The zero-order chi connectivity index (χ0) is 19.0. The second kappa shape index (κ2) is 7.71. The van der Waals surface area contributed by atoms with Crippen LogP contribution in [-0.4, -0.2) is 37.5 Å². The van der Waals surface area contributed by atoms with Crippen LogP contribution in [-0.2, 0) is 13.9 Å². The molecule has 0 saturated carbocycles. The van der Waals surface area contributed by atoms with Crippen molar-refractivity contribution in [3.63, 3.8) is 0 Å². The minimum atomic E-state index is -2.00. The van der Waals surface area contributed by atoms with Gasteiger partial charge in [0.25, 0.3) is 8.32 Å². The lowest BCUT2D eigenvalue weighted by atomic mass is 9.95. The summed E-state index contributed by atoms with van der Waals surface area (Å²) < 4.78 is 19.2. The zero-order valence-electron chi connectivity index (χ0n) is 17.3. The van der Waals surface area contributed by atoms with Gasteiger partial charge in [-0.1, -0.05) is 41.5 Å². The Bertz CT molecular complexity index is 454. The smallest absolute Gasteiger partial charge is 0.258 e. The number of rotatable bonds is 5. The maximum absolute atomic E-state index is 10.2. The van der Waals surface area contributed by atoms with E-state index >= 15 is 0 Å². The molecule has 4 nitrogen and oxygen atoms in total. The third kappa shape index (κ3) is 4.32. The molecule has 2 rings (SSSR count). The molecule has 0 aromatic rings. The van der Waals surface area contributed by atoms with Crippen molar-refractivity contribution in [1.82, 2.24) is 0 Å². The molecule has 0 unspecified atom stereocenters. The molecule has 0 amide bonds. The SMILES string of the molecule is CC(C)[Si](OC1=C[C@]2(C[C@H](O)C[C@@H](C)O2)O[C@H](C)C1)(C(C)C)C(C)C. The summed E-state index contributed by atoms with van der Waals surface area (Å²) in [6, 6.07) is 0. The van der Waals surface area contributed by atoms with Crippen molar-refractivity contribution < 1.29 is 19.0 Å². The largest absolute Gasteiger partial charge is 0.546 e. The zero-order valence-corrected chi connectivity index (χ0v) is 18.3. The van der Waals surface area contributed by atoms with Gasteiger partial charge in [0.15, 0.2) is 5.79 Å². The molecule has 1 saturated heterocycles. The maximum atomic E-state index is 10.2. The van der Waals surface area contributed by atoms with Gasteiger partial charge in [0.2, 0.25) is 0 Å². The summed E-state index contributed by atoms with van der Waals surface area (Å²) in [6.45, 7) is 17.9. The third-order valence-corrected chi connectivity index (χ3v) is 11.8. The van der Waals surface area contributed by atoms with Crippen LogP contribution in [0.3, 0.4) is 0 Å². The van der Waals surface area contributed by atoms with Crippen molar-refractivity contribution in [2.24, 2.45) is 0 Å². The Morgan fingerprint density at radius 1 is 1.04 bits per heavy atom. The summed E-state index contributed by atoms with van der Waals surface area (Å²) in [7, 11) is -2.00. The van der Waals surface area contributed by atoms with Crippen LogP contribution >= 0.6 is 0 Å². The molecule has 0 aliphatic carbocycles. The number of aliphatic hydroxyl groups excluding tert-OH is 1. The van der Waals surface area contributed by atoms with Gasteiger partial charge in [0.1, 0.15) is 0 Å². The van der Waals surface area contributed by atoms with Crippen molar-refractivity contribution in [3.8, 4) is 0 Å². The van der Waals surface area contributed by atoms with E-state index in [0.29, 0.717) is 29.5 Å².